The number of likely N-dealkylation sites (tertiary alicyclic amines) is 1. The van der Waals surface area contributed by atoms with Crippen LogP contribution >= 0.6 is 11.3 Å². The maximum atomic E-state index is 13.3. The van der Waals surface area contributed by atoms with Crippen LogP contribution in [0.4, 0.5) is 4.39 Å². The van der Waals surface area contributed by atoms with Gasteiger partial charge in [0.05, 0.1) is 0 Å². The van der Waals surface area contributed by atoms with Gasteiger partial charge >= 0.3 is 0 Å². The minimum absolute atomic E-state index is 0.0598. The second-order valence-electron chi connectivity index (χ2n) is 9.02. The van der Waals surface area contributed by atoms with Crippen LogP contribution in [0, 0.1) is 25.6 Å². The van der Waals surface area contributed by atoms with Gasteiger partial charge in [-0.2, -0.15) is 0 Å². The molecule has 0 saturated carbocycles. The third-order valence-electron chi connectivity index (χ3n) is 6.54. The van der Waals surface area contributed by atoms with Gasteiger partial charge in [0.1, 0.15) is 5.82 Å². The van der Waals surface area contributed by atoms with E-state index in [2.05, 4.69) is 54.5 Å². The Hall–Kier alpha value is -2.50. The number of carbonyl (C=O) groups is 1. The predicted molar refractivity (Wildman–Crippen MR) is 129 cm³/mol. The molecule has 0 spiro atoms. The number of benzene rings is 2. The molecule has 2 heterocycles. The van der Waals surface area contributed by atoms with E-state index in [0.29, 0.717) is 24.9 Å². The molecule has 1 aliphatic rings. The summed E-state index contributed by atoms with van der Waals surface area (Å²) in [6.07, 6.45) is 0. The SMILES string of the molecule is CC(=O)N(Cc1ccc(F)cc1)C[C@H]1CN(Cc2sccc2C)C[C@@H]1c1ccc(C)cc1. The molecule has 2 atom stereocenters. The molecule has 3 nitrogen and oxygen atoms in total. The summed E-state index contributed by atoms with van der Waals surface area (Å²) in [6.45, 7) is 10.0. The first-order chi connectivity index (χ1) is 15.4. The zero-order valence-electron chi connectivity index (χ0n) is 19.1. The summed E-state index contributed by atoms with van der Waals surface area (Å²) >= 11 is 1.82. The van der Waals surface area contributed by atoms with Gasteiger partial charge < -0.3 is 4.90 Å². The van der Waals surface area contributed by atoms with Crippen LogP contribution in [0.2, 0.25) is 0 Å². The minimum Gasteiger partial charge on any atom is -0.338 e. The average molecular weight is 451 g/mol. The number of aryl methyl sites for hydroxylation is 2. The van der Waals surface area contributed by atoms with Crippen molar-refractivity contribution in [3.05, 3.63) is 92.9 Å². The van der Waals surface area contributed by atoms with Gasteiger partial charge in [-0.15, -0.1) is 11.3 Å². The number of thiophene rings is 1. The summed E-state index contributed by atoms with van der Waals surface area (Å²) < 4.78 is 13.3. The lowest BCUT2D eigenvalue weighted by Crippen LogP contribution is -2.35. The van der Waals surface area contributed by atoms with Crippen molar-refractivity contribution < 1.29 is 9.18 Å². The normalized spacial score (nSPS) is 18.8. The van der Waals surface area contributed by atoms with Crippen LogP contribution in [0.25, 0.3) is 0 Å². The molecule has 0 N–H and O–H groups in total. The van der Waals surface area contributed by atoms with E-state index in [4.69, 9.17) is 0 Å². The quantitative estimate of drug-likeness (QED) is 0.456. The molecule has 1 aromatic heterocycles. The number of hydrogen-bond acceptors (Lipinski definition) is 3. The number of hydrogen-bond donors (Lipinski definition) is 0. The maximum absolute atomic E-state index is 13.3. The van der Waals surface area contributed by atoms with Crippen molar-refractivity contribution in [1.29, 1.82) is 0 Å². The highest BCUT2D eigenvalue weighted by Gasteiger charge is 2.35. The molecule has 2 aromatic carbocycles. The standard InChI is InChI=1S/C27H31FN2OS/c1-19-4-8-23(9-5-19)26-17-29(18-27-20(2)12-13-32-27)15-24(26)16-30(21(3)31)14-22-6-10-25(28)11-7-22/h4-13,24,26H,14-18H2,1-3H3/t24-,26-/m1/s1. The van der Waals surface area contributed by atoms with E-state index in [9.17, 15) is 9.18 Å². The van der Waals surface area contributed by atoms with Crippen molar-refractivity contribution in [3.8, 4) is 0 Å². The zero-order valence-corrected chi connectivity index (χ0v) is 19.9. The van der Waals surface area contributed by atoms with Gasteiger partial charge in [-0.25, -0.2) is 4.39 Å². The smallest absolute Gasteiger partial charge is 0.219 e. The fourth-order valence-electron chi connectivity index (χ4n) is 4.63. The summed E-state index contributed by atoms with van der Waals surface area (Å²) in [5.41, 5.74) is 4.91. The molecule has 4 rings (SSSR count). The van der Waals surface area contributed by atoms with Crippen molar-refractivity contribution >= 4 is 17.2 Å². The molecule has 168 valence electrons. The number of rotatable bonds is 7. The van der Waals surface area contributed by atoms with Crippen LogP contribution in [0.15, 0.2) is 60.0 Å². The molecule has 1 fully saturated rings. The Morgan fingerprint density at radius 2 is 1.78 bits per heavy atom. The van der Waals surface area contributed by atoms with Crippen molar-refractivity contribution in [1.82, 2.24) is 9.80 Å². The molecule has 0 aliphatic carbocycles. The van der Waals surface area contributed by atoms with Crippen LogP contribution in [0.5, 0.6) is 0 Å². The fraction of sp³-hybridized carbons (Fsp3) is 0.370. The van der Waals surface area contributed by atoms with Crippen LogP contribution in [0.3, 0.4) is 0 Å². The van der Waals surface area contributed by atoms with Gasteiger partial charge in [0, 0.05) is 50.4 Å². The molecule has 1 amide bonds. The molecule has 0 radical (unpaired) electrons. The Balaban J connectivity index is 1.54. The summed E-state index contributed by atoms with van der Waals surface area (Å²) in [6, 6.07) is 17.5. The number of halogens is 1. The summed E-state index contributed by atoms with van der Waals surface area (Å²) in [5, 5.41) is 2.16. The summed E-state index contributed by atoms with van der Waals surface area (Å²) in [4.78, 5) is 18.4. The van der Waals surface area contributed by atoms with Crippen molar-refractivity contribution in [2.24, 2.45) is 5.92 Å². The molecular formula is C27H31FN2OS. The first-order valence-electron chi connectivity index (χ1n) is 11.2. The predicted octanol–water partition coefficient (Wildman–Crippen LogP) is 5.77. The van der Waals surface area contributed by atoms with E-state index in [0.717, 1.165) is 25.2 Å². The molecule has 0 unspecified atom stereocenters. The second kappa shape index (κ2) is 9.97. The van der Waals surface area contributed by atoms with E-state index in [1.54, 1.807) is 19.1 Å². The highest BCUT2D eigenvalue weighted by Crippen LogP contribution is 2.35. The lowest BCUT2D eigenvalue weighted by Gasteiger charge is -2.28. The van der Waals surface area contributed by atoms with Gasteiger partial charge in [-0.3, -0.25) is 9.69 Å². The molecular weight excluding hydrogens is 419 g/mol. The first-order valence-corrected chi connectivity index (χ1v) is 12.1. The lowest BCUT2D eigenvalue weighted by atomic mass is 9.88. The highest BCUT2D eigenvalue weighted by atomic mass is 32.1. The molecule has 1 aliphatic heterocycles. The van der Waals surface area contributed by atoms with Crippen LogP contribution in [-0.4, -0.2) is 35.3 Å². The van der Waals surface area contributed by atoms with Crippen LogP contribution in [0.1, 0.15) is 40.0 Å². The summed E-state index contributed by atoms with van der Waals surface area (Å²) in [5.74, 6) is 0.538. The van der Waals surface area contributed by atoms with Gasteiger partial charge in [-0.1, -0.05) is 42.0 Å². The molecule has 1 saturated heterocycles. The van der Waals surface area contributed by atoms with Crippen molar-refractivity contribution in [2.45, 2.75) is 39.8 Å². The molecule has 0 bridgehead atoms. The fourth-order valence-corrected chi connectivity index (χ4v) is 5.58. The monoisotopic (exact) mass is 450 g/mol. The Kier molecular flexibility index (Phi) is 7.07. The minimum atomic E-state index is -0.252. The van der Waals surface area contributed by atoms with Crippen molar-refractivity contribution in [3.63, 3.8) is 0 Å². The van der Waals surface area contributed by atoms with Crippen LogP contribution < -0.4 is 0 Å². The van der Waals surface area contributed by atoms with Gasteiger partial charge in [-0.05, 0) is 60.0 Å². The number of amides is 1. The van der Waals surface area contributed by atoms with Crippen molar-refractivity contribution in [2.75, 3.05) is 19.6 Å². The van der Waals surface area contributed by atoms with Gasteiger partial charge in [0.25, 0.3) is 0 Å². The molecule has 32 heavy (non-hydrogen) atoms. The highest BCUT2D eigenvalue weighted by molar-refractivity contribution is 7.10. The first kappa shape index (κ1) is 22.7. The number of carbonyl (C=O) groups excluding carboxylic acids is 1. The Morgan fingerprint density at radius 3 is 2.41 bits per heavy atom. The van der Waals surface area contributed by atoms with E-state index >= 15 is 0 Å². The third kappa shape index (κ3) is 5.45. The second-order valence-corrected chi connectivity index (χ2v) is 10.0. The van der Waals surface area contributed by atoms with E-state index in [1.165, 1.54) is 33.7 Å². The Morgan fingerprint density at radius 1 is 1.06 bits per heavy atom. The van der Waals surface area contributed by atoms with Gasteiger partial charge in [0.15, 0.2) is 0 Å². The van der Waals surface area contributed by atoms with E-state index in [1.807, 2.05) is 16.2 Å². The van der Waals surface area contributed by atoms with E-state index < -0.39 is 0 Å². The topological polar surface area (TPSA) is 23.6 Å². The van der Waals surface area contributed by atoms with E-state index in [-0.39, 0.29) is 11.7 Å². The third-order valence-corrected chi connectivity index (χ3v) is 7.55. The number of nitrogens with zero attached hydrogens (tertiary/aromatic N) is 2. The average Bonchev–Trinajstić information content (AvgIpc) is 3.35. The van der Waals surface area contributed by atoms with Gasteiger partial charge in [0.2, 0.25) is 5.91 Å². The summed E-state index contributed by atoms with van der Waals surface area (Å²) in [7, 11) is 0. The van der Waals surface area contributed by atoms with Crippen LogP contribution in [-0.2, 0) is 17.9 Å². The zero-order chi connectivity index (χ0) is 22.7. The maximum Gasteiger partial charge on any atom is 0.219 e. The molecule has 5 heteroatoms. The lowest BCUT2D eigenvalue weighted by molar-refractivity contribution is -0.130. The Labute approximate surface area is 194 Å². The largest absolute Gasteiger partial charge is 0.338 e. The molecule has 3 aromatic rings. The Bertz CT molecular complexity index is 1040.